The van der Waals surface area contributed by atoms with Crippen LogP contribution < -0.4 is 5.63 Å². The van der Waals surface area contributed by atoms with Crippen LogP contribution in [0.3, 0.4) is 0 Å². The fourth-order valence-electron chi connectivity index (χ4n) is 4.25. The first-order chi connectivity index (χ1) is 13.3. The first-order valence-electron chi connectivity index (χ1n) is 9.86. The lowest BCUT2D eigenvalue weighted by atomic mass is 10.0. The predicted octanol–water partition coefficient (Wildman–Crippen LogP) is 1.87. The largest absolute Gasteiger partial charge is 0.422 e. The minimum atomic E-state index is -3.34. The normalized spacial score (nSPS) is 20.2. The van der Waals surface area contributed by atoms with E-state index < -0.39 is 10.2 Å². The molecule has 4 rings (SSSR count). The summed E-state index contributed by atoms with van der Waals surface area (Å²) in [6.45, 7) is 8.13. The summed E-state index contributed by atoms with van der Waals surface area (Å²) in [6.07, 6.45) is 1.89. The molecule has 0 bridgehead atoms. The number of nitrogens with zero attached hydrogens (tertiary/aromatic N) is 3. The van der Waals surface area contributed by atoms with Crippen LogP contribution in [0, 0.1) is 13.8 Å². The molecule has 2 aromatic rings. The monoisotopic (exact) mass is 405 g/mol. The van der Waals surface area contributed by atoms with E-state index in [9.17, 15) is 13.2 Å². The zero-order valence-electron chi connectivity index (χ0n) is 16.5. The quantitative estimate of drug-likeness (QED) is 0.726. The highest BCUT2D eigenvalue weighted by atomic mass is 32.2. The van der Waals surface area contributed by atoms with Crippen LogP contribution in [0.4, 0.5) is 0 Å². The number of piperazine rings is 1. The number of aryl methyl sites for hydroxylation is 2. The van der Waals surface area contributed by atoms with Crippen LogP contribution in [0.25, 0.3) is 11.0 Å². The van der Waals surface area contributed by atoms with Crippen LogP contribution in [-0.4, -0.2) is 61.2 Å². The van der Waals surface area contributed by atoms with Crippen LogP contribution in [0.15, 0.2) is 27.4 Å². The Kier molecular flexibility index (Phi) is 5.30. The zero-order valence-corrected chi connectivity index (χ0v) is 17.3. The lowest BCUT2D eigenvalue weighted by molar-refractivity contribution is 0.176. The average Bonchev–Trinajstić information content (AvgIpc) is 3.19. The molecule has 28 heavy (non-hydrogen) atoms. The van der Waals surface area contributed by atoms with Gasteiger partial charge in [0.2, 0.25) is 0 Å². The molecular weight excluding hydrogens is 378 g/mol. The van der Waals surface area contributed by atoms with Crippen LogP contribution >= 0.6 is 0 Å². The van der Waals surface area contributed by atoms with Crippen molar-refractivity contribution in [2.75, 3.05) is 39.3 Å². The van der Waals surface area contributed by atoms with Crippen molar-refractivity contribution in [2.45, 2.75) is 33.2 Å². The maximum Gasteiger partial charge on any atom is 0.336 e. The Morgan fingerprint density at radius 3 is 2.25 bits per heavy atom. The first-order valence-corrected chi connectivity index (χ1v) is 11.3. The summed E-state index contributed by atoms with van der Waals surface area (Å²) >= 11 is 0. The summed E-state index contributed by atoms with van der Waals surface area (Å²) in [4.78, 5) is 14.2. The smallest absolute Gasteiger partial charge is 0.336 e. The molecule has 0 saturated carbocycles. The number of hydrogen-bond acceptors (Lipinski definition) is 5. The van der Waals surface area contributed by atoms with Gasteiger partial charge < -0.3 is 4.42 Å². The predicted molar refractivity (Wildman–Crippen MR) is 109 cm³/mol. The second-order valence-electron chi connectivity index (χ2n) is 7.84. The molecule has 2 aliphatic heterocycles. The van der Waals surface area contributed by atoms with Gasteiger partial charge in [-0.25, -0.2) is 4.79 Å². The molecule has 0 atom stereocenters. The third kappa shape index (κ3) is 3.74. The number of hydrogen-bond donors (Lipinski definition) is 0. The molecule has 1 aromatic heterocycles. The lowest BCUT2D eigenvalue weighted by Crippen LogP contribution is -2.52. The van der Waals surface area contributed by atoms with Crippen molar-refractivity contribution in [3.8, 4) is 0 Å². The zero-order chi connectivity index (χ0) is 19.9. The van der Waals surface area contributed by atoms with Crippen molar-refractivity contribution in [1.82, 2.24) is 13.5 Å². The molecule has 0 spiro atoms. The molecule has 0 N–H and O–H groups in total. The highest BCUT2D eigenvalue weighted by Gasteiger charge is 2.33. The van der Waals surface area contributed by atoms with Crippen molar-refractivity contribution in [3.63, 3.8) is 0 Å². The van der Waals surface area contributed by atoms with Crippen LogP contribution in [-0.2, 0) is 16.8 Å². The summed E-state index contributed by atoms with van der Waals surface area (Å²) in [5, 5.41) is 0.962. The Morgan fingerprint density at radius 1 is 0.929 bits per heavy atom. The molecule has 0 unspecified atom stereocenters. The lowest BCUT2D eigenvalue weighted by Gasteiger charge is -2.35. The van der Waals surface area contributed by atoms with Gasteiger partial charge >= 0.3 is 5.63 Å². The molecule has 2 saturated heterocycles. The molecule has 0 amide bonds. The molecule has 0 radical (unpaired) electrons. The number of fused-ring (bicyclic) bond motifs is 1. The van der Waals surface area contributed by atoms with E-state index in [4.69, 9.17) is 4.42 Å². The summed E-state index contributed by atoms with van der Waals surface area (Å²) in [5.74, 6) is 0. The molecule has 1 aromatic carbocycles. The highest BCUT2D eigenvalue weighted by molar-refractivity contribution is 7.86. The van der Waals surface area contributed by atoms with E-state index in [1.54, 1.807) is 14.7 Å². The van der Waals surface area contributed by atoms with Gasteiger partial charge in [0.05, 0.1) is 0 Å². The van der Waals surface area contributed by atoms with E-state index in [0.29, 0.717) is 51.4 Å². The van der Waals surface area contributed by atoms with Gasteiger partial charge in [0.15, 0.2) is 0 Å². The van der Waals surface area contributed by atoms with Gasteiger partial charge in [-0.2, -0.15) is 17.0 Å². The van der Waals surface area contributed by atoms with E-state index in [0.717, 1.165) is 34.9 Å². The Morgan fingerprint density at radius 2 is 1.57 bits per heavy atom. The van der Waals surface area contributed by atoms with Crippen molar-refractivity contribution in [3.05, 3.63) is 45.3 Å². The van der Waals surface area contributed by atoms with Gasteiger partial charge in [-0.1, -0.05) is 6.07 Å². The standard InChI is InChI=1S/C20H27N3O4S/c1-15-11-16(2)20-18(12-15)17(13-19(24)27-20)14-21-7-9-23(10-8-21)28(25,26)22-5-3-4-6-22/h11-13H,3-10,14H2,1-2H3. The number of benzene rings is 1. The van der Waals surface area contributed by atoms with Crippen molar-refractivity contribution >= 4 is 21.2 Å². The molecule has 0 aliphatic carbocycles. The second kappa shape index (κ2) is 7.59. The van der Waals surface area contributed by atoms with Gasteiger partial charge in [0.25, 0.3) is 10.2 Å². The van der Waals surface area contributed by atoms with Gasteiger partial charge in [-0.3, -0.25) is 4.90 Å². The Labute approximate surface area is 165 Å². The molecular formula is C20H27N3O4S. The van der Waals surface area contributed by atoms with Gasteiger partial charge in [-0.15, -0.1) is 0 Å². The minimum Gasteiger partial charge on any atom is -0.422 e. The summed E-state index contributed by atoms with van der Waals surface area (Å²) < 4.78 is 34.1. The van der Waals surface area contributed by atoms with E-state index in [1.807, 2.05) is 19.9 Å². The molecule has 8 heteroatoms. The van der Waals surface area contributed by atoms with E-state index in [1.165, 1.54) is 0 Å². The second-order valence-corrected chi connectivity index (χ2v) is 9.77. The fraction of sp³-hybridized carbons (Fsp3) is 0.550. The van der Waals surface area contributed by atoms with Gasteiger partial charge in [-0.05, 0) is 49.4 Å². The fourth-order valence-corrected chi connectivity index (χ4v) is 5.92. The third-order valence-corrected chi connectivity index (χ3v) is 7.74. The van der Waals surface area contributed by atoms with Crippen LogP contribution in [0.2, 0.25) is 0 Å². The van der Waals surface area contributed by atoms with E-state index in [-0.39, 0.29) is 5.63 Å². The summed E-state index contributed by atoms with van der Waals surface area (Å²) in [7, 11) is -3.34. The molecule has 2 aliphatic rings. The molecule has 152 valence electrons. The SMILES string of the molecule is Cc1cc(C)c2oc(=O)cc(CN3CCN(S(=O)(=O)N4CCCC4)CC3)c2c1. The third-order valence-electron chi connectivity index (χ3n) is 5.70. The highest BCUT2D eigenvalue weighted by Crippen LogP contribution is 2.24. The van der Waals surface area contributed by atoms with Crippen molar-refractivity contribution in [2.24, 2.45) is 0 Å². The van der Waals surface area contributed by atoms with Crippen LogP contribution in [0.1, 0.15) is 29.5 Å². The maximum atomic E-state index is 12.7. The van der Waals surface area contributed by atoms with Gasteiger partial charge in [0, 0.05) is 57.3 Å². The summed E-state index contributed by atoms with van der Waals surface area (Å²) in [5.41, 5.74) is 3.32. The Bertz CT molecular complexity index is 1030. The summed E-state index contributed by atoms with van der Waals surface area (Å²) in [6, 6.07) is 5.63. The van der Waals surface area contributed by atoms with E-state index >= 15 is 0 Å². The average molecular weight is 406 g/mol. The molecule has 7 nitrogen and oxygen atoms in total. The Hall–Kier alpha value is -1.74. The first kappa shape index (κ1) is 19.6. The molecule has 2 fully saturated rings. The van der Waals surface area contributed by atoms with E-state index in [2.05, 4.69) is 11.0 Å². The minimum absolute atomic E-state index is 0.343. The molecule has 3 heterocycles. The van der Waals surface area contributed by atoms with Crippen molar-refractivity contribution in [1.29, 1.82) is 0 Å². The Balaban J connectivity index is 1.50. The van der Waals surface area contributed by atoms with Crippen molar-refractivity contribution < 1.29 is 12.8 Å². The van der Waals surface area contributed by atoms with Gasteiger partial charge in [0.1, 0.15) is 5.58 Å². The number of rotatable bonds is 4. The van der Waals surface area contributed by atoms with Crippen LogP contribution in [0.5, 0.6) is 0 Å². The topological polar surface area (TPSA) is 74.1 Å². The maximum absolute atomic E-state index is 12.7.